The highest BCUT2D eigenvalue weighted by Gasteiger charge is 2.22. The predicted octanol–water partition coefficient (Wildman–Crippen LogP) is -1.07. The quantitative estimate of drug-likeness (QED) is 0.611. The van der Waals surface area contributed by atoms with Crippen LogP contribution in [-0.2, 0) is 4.74 Å². The van der Waals surface area contributed by atoms with Crippen LogP contribution < -0.4 is 27.4 Å². The number of aromatic nitrogens is 2. The number of ether oxygens (including phenoxy) is 2. The van der Waals surface area contributed by atoms with Gasteiger partial charge in [0.2, 0.25) is 11.8 Å². The molecule has 0 radical (unpaired) electrons. The third-order valence-corrected chi connectivity index (χ3v) is 4.38. The Hall–Kier alpha value is -2.41. The predicted molar refractivity (Wildman–Crippen MR) is 97.0 cm³/mol. The Morgan fingerprint density at radius 1 is 1.00 bits per heavy atom. The van der Waals surface area contributed by atoms with Crippen LogP contribution in [0.1, 0.15) is 0 Å². The number of hydrogen-bond acceptors (Lipinski definition) is 5. The summed E-state index contributed by atoms with van der Waals surface area (Å²) in [6.45, 7) is 3.36. The maximum absolute atomic E-state index is 5.49. The monoisotopic (exact) mass is 372 g/mol. The minimum atomic E-state index is 0. The second-order valence-electron chi connectivity index (χ2n) is 5.98. The van der Waals surface area contributed by atoms with Crippen molar-refractivity contribution in [1.82, 2.24) is 9.97 Å². The molecule has 1 aliphatic rings. The number of anilines is 2. The van der Waals surface area contributed by atoms with E-state index in [1.807, 2.05) is 42.5 Å². The molecule has 0 aliphatic carbocycles. The fourth-order valence-electron chi connectivity index (χ4n) is 3.06. The van der Waals surface area contributed by atoms with Gasteiger partial charge in [-0.25, -0.2) is 4.98 Å². The van der Waals surface area contributed by atoms with Gasteiger partial charge in [-0.1, -0.05) is 12.1 Å². The van der Waals surface area contributed by atoms with Gasteiger partial charge < -0.3 is 27.2 Å². The smallest absolute Gasteiger partial charge is 0.238 e. The number of quaternary nitrogens is 1. The molecule has 6 nitrogen and oxygen atoms in total. The van der Waals surface area contributed by atoms with Gasteiger partial charge in [-0.2, -0.15) is 4.98 Å². The minimum absolute atomic E-state index is 0. The summed E-state index contributed by atoms with van der Waals surface area (Å²) in [5, 5.41) is 4.40. The number of nitrogens with one attached hydrogen (secondary N) is 2. The fraction of sp³-hybridized carbons (Fsp3) is 0.263. The second kappa shape index (κ2) is 8.31. The van der Waals surface area contributed by atoms with E-state index in [4.69, 9.17) is 14.5 Å². The van der Waals surface area contributed by atoms with Gasteiger partial charge in [0.25, 0.3) is 0 Å². The molecule has 7 heteroatoms. The molecule has 4 rings (SSSR count). The van der Waals surface area contributed by atoms with E-state index in [1.165, 1.54) is 4.90 Å². The van der Waals surface area contributed by atoms with Crippen LogP contribution in [0.25, 0.3) is 10.9 Å². The first-order valence-electron chi connectivity index (χ1n) is 8.44. The molecule has 2 heterocycles. The second-order valence-corrected chi connectivity index (χ2v) is 5.98. The summed E-state index contributed by atoms with van der Waals surface area (Å²) in [7, 11) is 1.66. The largest absolute Gasteiger partial charge is 1.00 e. The maximum atomic E-state index is 5.49. The molecule has 0 spiro atoms. The molecule has 1 saturated heterocycles. The average molecular weight is 373 g/mol. The number of nitrogens with zero attached hydrogens (tertiary/aromatic N) is 2. The molecular formula is C19H21ClN4O2. The normalized spacial score (nSPS) is 14.7. The number of halogens is 1. The Kier molecular flexibility index (Phi) is 5.88. The zero-order valence-electron chi connectivity index (χ0n) is 14.5. The third-order valence-electron chi connectivity index (χ3n) is 4.38. The first-order chi connectivity index (χ1) is 12.3. The van der Waals surface area contributed by atoms with Crippen molar-refractivity contribution in [1.29, 1.82) is 0 Å². The summed E-state index contributed by atoms with van der Waals surface area (Å²) in [6.07, 6.45) is 0. The molecule has 2 aromatic carbocycles. The van der Waals surface area contributed by atoms with Crippen LogP contribution in [0.4, 0.5) is 17.5 Å². The number of hydrogen-bond donors (Lipinski definition) is 2. The molecule has 0 atom stereocenters. The van der Waals surface area contributed by atoms with Gasteiger partial charge in [0.1, 0.15) is 18.8 Å². The Bertz CT molecular complexity index is 867. The number of fused-ring (bicyclic) bond motifs is 1. The number of morpholine rings is 1. The van der Waals surface area contributed by atoms with E-state index < -0.39 is 0 Å². The Morgan fingerprint density at radius 3 is 2.46 bits per heavy atom. The maximum Gasteiger partial charge on any atom is 0.238 e. The topological polar surface area (TPSA) is 60.7 Å². The van der Waals surface area contributed by atoms with Crippen LogP contribution in [0.2, 0.25) is 0 Å². The van der Waals surface area contributed by atoms with Gasteiger partial charge in [0.05, 0.1) is 31.2 Å². The summed E-state index contributed by atoms with van der Waals surface area (Å²) in [5.74, 6) is 2.46. The van der Waals surface area contributed by atoms with Crippen LogP contribution in [0.15, 0.2) is 48.5 Å². The molecule has 0 bridgehead atoms. The summed E-state index contributed by atoms with van der Waals surface area (Å²) in [4.78, 5) is 10.8. The summed E-state index contributed by atoms with van der Waals surface area (Å²) >= 11 is 0. The van der Waals surface area contributed by atoms with Gasteiger partial charge in [-0.3, -0.25) is 4.90 Å². The van der Waals surface area contributed by atoms with Crippen molar-refractivity contribution in [2.24, 2.45) is 0 Å². The molecule has 3 aromatic rings. The SMILES string of the molecule is COc1ccc(Nc2nc([NH+]3CCOCC3)c3ccccc3n2)cc1.[Cl-]. The zero-order chi connectivity index (χ0) is 17.1. The average Bonchev–Trinajstić information content (AvgIpc) is 2.68. The molecule has 0 amide bonds. The molecule has 1 aromatic heterocycles. The zero-order valence-corrected chi connectivity index (χ0v) is 15.3. The van der Waals surface area contributed by atoms with E-state index in [0.29, 0.717) is 5.95 Å². The molecule has 1 aliphatic heterocycles. The Balaban J connectivity index is 0.00000196. The highest BCUT2D eigenvalue weighted by atomic mass is 35.5. The molecule has 1 fully saturated rings. The van der Waals surface area contributed by atoms with E-state index in [0.717, 1.165) is 54.5 Å². The van der Waals surface area contributed by atoms with Crippen molar-refractivity contribution in [2.45, 2.75) is 0 Å². The Morgan fingerprint density at radius 2 is 1.73 bits per heavy atom. The standard InChI is InChI=1S/C19H20N4O2.ClH/c1-24-15-8-6-14(7-9-15)20-19-21-17-5-3-2-4-16(17)18(22-19)23-10-12-25-13-11-23;/h2-9H,10-13H2,1H3,(H,20,21,22);1H. The molecule has 0 unspecified atom stereocenters. The molecule has 136 valence electrons. The van der Waals surface area contributed by atoms with Gasteiger partial charge in [-0.15, -0.1) is 0 Å². The van der Waals surface area contributed by atoms with E-state index in [1.54, 1.807) is 7.11 Å². The van der Waals surface area contributed by atoms with Gasteiger partial charge in [0.15, 0.2) is 0 Å². The van der Waals surface area contributed by atoms with E-state index in [-0.39, 0.29) is 12.4 Å². The first-order valence-corrected chi connectivity index (χ1v) is 8.44. The lowest BCUT2D eigenvalue weighted by molar-refractivity contribution is -0.843. The van der Waals surface area contributed by atoms with Crippen molar-refractivity contribution >= 4 is 28.4 Å². The number of rotatable bonds is 4. The third kappa shape index (κ3) is 3.88. The van der Waals surface area contributed by atoms with Crippen LogP contribution in [0.5, 0.6) is 5.75 Å². The van der Waals surface area contributed by atoms with Gasteiger partial charge in [0, 0.05) is 5.69 Å². The number of para-hydroxylation sites is 1. The van der Waals surface area contributed by atoms with Crippen molar-refractivity contribution in [3.63, 3.8) is 0 Å². The number of methoxy groups -OCH3 is 1. The molecule has 26 heavy (non-hydrogen) atoms. The summed E-state index contributed by atoms with van der Waals surface area (Å²) in [5.41, 5.74) is 1.88. The molecular weight excluding hydrogens is 352 g/mol. The van der Waals surface area contributed by atoms with E-state index >= 15 is 0 Å². The molecule has 0 saturated carbocycles. The van der Waals surface area contributed by atoms with Gasteiger partial charge in [-0.05, 0) is 36.4 Å². The van der Waals surface area contributed by atoms with Gasteiger partial charge >= 0.3 is 0 Å². The number of benzene rings is 2. The van der Waals surface area contributed by atoms with Crippen molar-refractivity contribution in [2.75, 3.05) is 38.7 Å². The Labute approximate surface area is 158 Å². The van der Waals surface area contributed by atoms with E-state index in [9.17, 15) is 0 Å². The van der Waals surface area contributed by atoms with Crippen molar-refractivity contribution < 1.29 is 26.8 Å². The lowest BCUT2D eigenvalue weighted by Crippen LogP contribution is -3.09. The lowest BCUT2D eigenvalue weighted by Gasteiger charge is -2.23. The first kappa shape index (κ1) is 18.4. The highest BCUT2D eigenvalue weighted by molar-refractivity contribution is 5.87. The summed E-state index contributed by atoms with van der Waals surface area (Å²) in [6, 6.07) is 15.9. The summed E-state index contributed by atoms with van der Waals surface area (Å²) < 4.78 is 10.7. The lowest BCUT2D eigenvalue weighted by atomic mass is 10.2. The minimum Gasteiger partial charge on any atom is -1.00 e. The molecule has 2 N–H and O–H groups in total. The van der Waals surface area contributed by atoms with Crippen LogP contribution in [0, 0.1) is 0 Å². The highest BCUT2D eigenvalue weighted by Crippen LogP contribution is 2.22. The van der Waals surface area contributed by atoms with Crippen LogP contribution in [0.3, 0.4) is 0 Å². The van der Waals surface area contributed by atoms with Crippen LogP contribution in [-0.4, -0.2) is 43.4 Å². The van der Waals surface area contributed by atoms with Crippen molar-refractivity contribution in [3.8, 4) is 5.75 Å². The fourth-order valence-corrected chi connectivity index (χ4v) is 3.06. The van der Waals surface area contributed by atoms with Crippen LogP contribution >= 0.6 is 0 Å². The van der Waals surface area contributed by atoms with E-state index in [2.05, 4.69) is 16.4 Å². The van der Waals surface area contributed by atoms with Crippen molar-refractivity contribution in [3.05, 3.63) is 48.5 Å².